The molecule has 0 aliphatic carbocycles. The molecule has 2 aromatic carbocycles. The summed E-state index contributed by atoms with van der Waals surface area (Å²) < 4.78 is 0. The van der Waals surface area contributed by atoms with E-state index in [1.165, 1.54) is 0 Å². The van der Waals surface area contributed by atoms with Crippen molar-refractivity contribution in [2.24, 2.45) is 11.0 Å². The second-order valence-electron chi connectivity index (χ2n) is 6.23. The molecule has 2 rings (SSSR count). The van der Waals surface area contributed by atoms with Crippen LogP contribution in [0.4, 0.5) is 5.69 Å². The van der Waals surface area contributed by atoms with Crippen LogP contribution in [0.25, 0.3) is 0 Å². The number of carbonyl (C=O) groups is 2. The maximum Gasteiger partial charge on any atom is 0.271 e. The van der Waals surface area contributed by atoms with Gasteiger partial charge in [0.05, 0.1) is 5.71 Å². The summed E-state index contributed by atoms with van der Waals surface area (Å²) in [6.45, 7) is 5.82. The molecule has 2 N–H and O–H groups in total. The highest BCUT2D eigenvalue weighted by Crippen LogP contribution is 2.11. The predicted molar refractivity (Wildman–Crippen MR) is 101 cm³/mol. The first-order valence-corrected chi connectivity index (χ1v) is 8.25. The number of carbonyl (C=O) groups excluding carboxylic acids is 2. The quantitative estimate of drug-likeness (QED) is 0.621. The lowest BCUT2D eigenvalue weighted by atomic mass is 10.1. The number of hydrogen-bond donors (Lipinski definition) is 2. The summed E-state index contributed by atoms with van der Waals surface area (Å²) in [5.41, 5.74) is 5.37. The van der Waals surface area contributed by atoms with Gasteiger partial charge in [0.25, 0.3) is 5.91 Å². The Hall–Kier alpha value is -2.95. The minimum atomic E-state index is -0.296. The monoisotopic (exact) mass is 337 g/mol. The van der Waals surface area contributed by atoms with Crippen LogP contribution < -0.4 is 10.7 Å². The summed E-state index contributed by atoms with van der Waals surface area (Å²) in [4.78, 5) is 23.9. The summed E-state index contributed by atoms with van der Waals surface area (Å²) in [5.74, 6) is -0.0265. The van der Waals surface area contributed by atoms with Gasteiger partial charge in [-0.1, -0.05) is 44.2 Å². The van der Waals surface area contributed by atoms with Gasteiger partial charge in [-0.15, -0.1) is 0 Å². The lowest BCUT2D eigenvalue weighted by Gasteiger charge is -2.08. The van der Waals surface area contributed by atoms with E-state index in [9.17, 15) is 9.59 Å². The zero-order valence-electron chi connectivity index (χ0n) is 14.7. The molecule has 0 aromatic heterocycles. The Kier molecular flexibility index (Phi) is 6.46. The fourth-order valence-corrected chi connectivity index (χ4v) is 2.23. The predicted octanol–water partition coefficient (Wildman–Crippen LogP) is 3.83. The molecule has 0 aliphatic heterocycles. The summed E-state index contributed by atoms with van der Waals surface area (Å²) in [6.07, 6.45) is 0.468. The first-order chi connectivity index (χ1) is 12.0. The van der Waals surface area contributed by atoms with Gasteiger partial charge in [-0.25, -0.2) is 5.43 Å². The second kappa shape index (κ2) is 8.78. The van der Waals surface area contributed by atoms with Gasteiger partial charge < -0.3 is 5.32 Å². The molecule has 0 atom stereocenters. The van der Waals surface area contributed by atoms with Crippen LogP contribution in [0.3, 0.4) is 0 Å². The van der Waals surface area contributed by atoms with Crippen molar-refractivity contribution in [2.75, 3.05) is 5.32 Å². The van der Waals surface area contributed by atoms with Crippen molar-refractivity contribution < 1.29 is 9.59 Å². The average Bonchev–Trinajstić information content (AvgIpc) is 2.60. The molecule has 0 saturated carbocycles. The molecule has 2 aromatic rings. The maximum atomic E-state index is 12.2. The topological polar surface area (TPSA) is 70.6 Å². The van der Waals surface area contributed by atoms with E-state index in [1.54, 1.807) is 24.3 Å². The molecule has 25 heavy (non-hydrogen) atoms. The fourth-order valence-electron chi connectivity index (χ4n) is 2.23. The van der Waals surface area contributed by atoms with Gasteiger partial charge in [0.1, 0.15) is 0 Å². The van der Waals surface area contributed by atoms with E-state index >= 15 is 0 Å². The third-order valence-electron chi connectivity index (χ3n) is 3.54. The number of hydrazone groups is 1. The van der Waals surface area contributed by atoms with Crippen molar-refractivity contribution in [3.05, 3.63) is 65.7 Å². The van der Waals surface area contributed by atoms with Crippen LogP contribution in [0.15, 0.2) is 59.7 Å². The highest BCUT2D eigenvalue weighted by molar-refractivity contribution is 6.01. The van der Waals surface area contributed by atoms with Crippen LogP contribution in [0, 0.1) is 5.92 Å². The number of nitrogens with zero attached hydrogens (tertiary/aromatic N) is 1. The Labute approximate surface area is 148 Å². The van der Waals surface area contributed by atoms with Gasteiger partial charge in [0.15, 0.2) is 0 Å². The van der Waals surface area contributed by atoms with Gasteiger partial charge in [-0.3, -0.25) is 9.59 Å². The molecule has 0 aliphatic rings. The van der Waals surface area contributed by atoms with Crippen LogP contribution in [-0.4, -0.2) is 17.5 Å². The lowest BCUT2D eigenvalue weighted by molar-refractivity contribution is -0.116. The van der Waals surface area contributed by atoms with Gasteiger partial charge in [0.2, 0.25) is 5.91 Å². The largest absolute Gasteiger partial charge is 0.326 e. The van der Waals surface area contributed by atoms with E-state index < -0.39 is 0 Å². The molecule has 0 radical (unpaired) electrons. The van der Waals surface area contributed by atoms with E-state index in [2.05, 4.69) is 15.8 Å². The van der Waals surface area contributed by atoms with Gasteiger partial charge in [-0.05, 0) is 42.7 Å². The Morgan fingerprint density at radius 3 is 2.20 bits per heavy atom. The van der Waals surface area contributed by atoms with Crippen LogP contribution in [0.1, 0.15) is 43.1 Å². The number of hydrogen-bond acceptors (Lipinski definition) is 3. The molecule has 0 fully saturated rings. The molecular weight excluding hydrogens is 314 g/mol. The fraction of sp³-hybridized carbons (Fsp3) is 0.250. The molecule has 5 nitrogen and oxygen atoms in total. The minimum absolute atomic E-state index is 0.0321. The zero-order valence-corrected chi connectivity index (χ0v) is 14.7. The maximum absolute atomic E-state index is 12.2. The first kappa shape index (κ1) is 18.4. The first-order valence-electron chi connectivity index (χ1n) is 8.25. The smallest absolute Gasteiger partial charge is 0.271 e. The molecule has 0 unspecified atom stereocenters. The number of benzene rings is 2. The van der Waals surface area contributed by atoms with Crippen molar-refractivity contribution in [1.82, 2.24) is 5.43 Å². The summed E-state index contributed by atoms with van der Waals surface area (Å²) in [7, 11) is 0. The average molecular weight is 337 g/mol. The van der Waals surface area contributed by atoms with Gasteiger partial charge in [0, 0.05) is 17.7 Å². The summed E-state index contributed by atoms with van der Waals surface area (Å²) in [5, 5.41) is 6.93. The molecule has 2 amide bonds. The third kappa shape index (κ3) is 5.88. The standard InChI is InChI=1S/C20H23N3O2/c1-14(2)13-19(24)21-18-11-9-17(10-12-18)20(25)23-22-15(3)16-7-5-4-6-8-16/h4-12,14H,13H2,1-3H3,(H,21,24)(H,23,25). The molecule has 5 heteroatoms. The molecule has 0 spiro atoms. The van der Waals surface area contributed by atoms with Crippen molar-refractivity contribution in [1.29, 1.82) is 0 Å². The Morgan fingerprint density at radius 1 is 0.960 bits per heavy atom. The number of anilines is 1. The Bertz CT molecular complexity index is 750. The van der Waals surface area contributed by atoms with Crippen molar-refractivity contribution in [2.45, 2.75) is 27.2 Å². The lowest BCUT2D eigenvalue weighted by Crippen LogP contribution is -2.19. The van der Waals surface area contributed by atoms with Crippen molar-refractivity contribution >= 4 is 23.2 Å². The van der Waals surface area contributed by atoms with Crippen LogP contribution in [0.2, 0.25) is 0 Å². The summed E-state index contributed by atoms with van der Waals surface area (Å²) in [6, 6.07) is 16.4. The van der Waals surface area contributed by atoms with Crippen molar-refractivity contribution in [3.8, 4) is 0 Å². The third-order valence-corrected chi connectivity index (χ3v) is 3.54. The van der Waals surface area contributed by atoms with Gasteiger partial charge in [-0.2, -0.15) is 5.10 Å². The number of rotatable bonds is 6. The number of amides is 2. The van der Waals surface area contributed by atoms with E-state index in [4.69, 9.17) is 0 Å². The normalized spacial score (nSPS) is 11.3. The van der Waals surface area contributed by atoms with E-state index in [1.807, 2.05) is 51.1 Å². The van der Waals surface area contributed by atoms with E-state index in [-0.39, 0.29) is 11.8 Å². The highest BCUT2D eigenvalue weighted by Gasteiger charge is 2.08. The molecular formula is C20H23N3O2. The Morgan fingerprint density at radius 2 is 1.60 bits per heavy atom. The SMILES string of the molecule is CC(=NNC(=O)c1ccc(NC(=O)CC(C)C)cc1)c1ccccc1. The number of nitrogens with one attached hydrogen (secondary N) is 2. The van der Waals surface area contributed by atoms with Crippen LogP contribution in [0.5, 0.6) is 0 Å². The molecule has 0 saturated heterocycles. The highest BCUT2D eigenvalue weighted by atomic mass is 16.2. The van der Waals surface area contributed by atoms with E-state index in [0.717, 1.165) is 11.3 Å². The van der Waals surface area contributed by atoms with Crippen molar-refractivity contribution in [3.63, 3.8) is 0 Å². The molecule has 0 heterocycles. The Balaban J connectivity index is 1.95. The minimum Gasteiger partial charge on any atom is -0.326 e. The molecule has 0 bridgehead atoms. The van der Waals surface area contributed by atoms with Crippen LogP contribution >= 0.6 is 0 Å². The van der Waals surface area contributed by atoms with E-state index in [0.29, 0.717) is 23.6 Å². The summed E-state index contributed by atoms with van der Waals surface area (Å²) >= 11 is 0. The van der Waals surface area contributed by atoms with Gasteiger partial charge >= 0.3 is 0 Å². The van der Waals surface area contributed by atoms with Crippen LogP contribution in [-0.2, 0) is 4.79 Å². The molecule has 130 valence electrons. The second-order valence-corrected chi connectivity index (χ2v) is 6.23. The zero-order chi connectivity index (χ0) is 18.2.